The molecule has 1 aromatic carbocycles. The van der Waals surface area contributed by atoms with Gasteiger partial charge in [-0.1, -0.05) is 0 Å². The number of carbonyl (C=O) groups is 1. The summed E-state index contributed by atoms with van der Waals surface area (Å²) in [5.41, 5.74) is 1.12. The molecule has 0 atom stereocenters. The second-order valence-corrected chi connectivity index (χ2v) is 5.83. The monoisotopic (exact) mass is 346 g/mol. The van der Waals surface area contributed by atoms with Crippen molar-refractivity contribution in [3.63, 3.8) is 0 Å². The van der Waals surface area contributed by atoms with Crippen LogP contribution in [0, 0.1) is 5.92 Å². The summed E-state index contributed by atoms with van der Waals surface area (Å²) in [6, 6.07) is 3.56. The van der Waals surface area contributed by atoms with Crippen molar-refractivity contribution < 1.29 is 23.7 Å². The van der Waals surface area contributed by atoms with Gasteiger partial charge in [-0.3, -0.25) is 4.79 Å². The molecular weight excluding hydrogens is 324 g/mol. The van der Waals surface area contributed by atoms with Gasteiger partial charge in [0.05, 0.1) is 21.3 Å². The summed E-state index contributed by atoms with van der Waals surface area (Å²) in [6.07, 6.45) is 3.46. The standard InChI is InChI=1S/C18H22N2O5/c1-22-14-9-11(10-15(23-2)16(14)24-3)8-13-18(21)20-17(19-13)12-4-6-25-7-5-12/h8-10,12H,4-7H2,1-3H3,(H,19,20,21)/b13-8+. The molecular formula is C18H22N2O5. The lowest BCUT2D eigenvalue weighted by Gasteiger charge is -2.21. The highest BCUT2D eigenvalue weighted by Gasteiger charge is 2.28. The van der Waals surface area contributed by atoms with Gasteiger partial charge in [-0.2, -0.15) is 0 Å². The predicted molar refractivity (Wildman–Crippen MR) is 93.2 cm³/mol. The molecule has 7 heteroatoms. The predicted octanol–water partition coefficient (Wildman–Crippen LogP) is 2.01. The first kappa shape index (κ1) is 17.3. The largest absolute Gasteiger partial charge is 0.493 e. The Bertz CT molecular complexity index is 695. The highest BCUT2D eigenvalue weighted by molar-refractivity contribution is 6.15. The van der Waals surface area contributed by atoms with Crippen LogP contribution in [-0.2, 0) is 9.53 Å². The minimum atomic E-state index is -0.199. The summed E-state index contributed by atoms with van der Waals surface area (Å²) < 4.78 is 21.4. The van der Waals surface area contributed by atoms with E-state index in [9.17, 15) is 4.79 Å². The number of ether oxygens (including phenoxy) is 4. The first-order valence-corrected chi connectivity index (χ1v) is 8.15. The van der Waals surface area contributed by atoms with Gasteiger partial charge in [0, 0.05) is 19.1 Å². The first-order chi connectivity index (χ1) is 12.2. The van der Waals surface area contributed by atoms with E-state index in [1.807, 2.05) is 0 Å². The second kappa shape index (κ2) is 7.57. The molecule has 2 aliphatic heterocycles. The van der Waals surface area contributed by atoms with Crippen molar-refractivity contribution in [1.82, 2.24) is 5.32 Å². The number of hydrogen-bond acceptors (Lipinski definition) is 6. The number of benzene rings is 1. The van der Waals surface area contributed by atoms with Crippen LogP contribution < -0.4 is 19.5 Å². The van der Waals surface area contributed by atoms with E-state index in [0.29, 0.717) is 36.2 Å². The number of amides is 1. The van der Waals surface area contributed by atoms with Crippen LogP contribution in [0.15, 0.2) is 22.8 Å². The summed E-state index contributed by atoms with van der Waals surface area (Å²) >= 11 is 0. The topological polar surface area (TPSA) is 78.4 Å². The molecule has 0 unspecified atom stereocenters. The van der Waals surface area contributed by atoms with Gasteiger partial charge >= 0.3 is 0 Å². The Morgan fingerprint density at radius 3 is 2.32 bits per heavy atom. The minimum Gasteiger partial charge on any atom is -0.493 e. The molecule has 0 radical (unpaired) electrons. The molecule has 134 valence electrons. The lowest BCUT2D eigenvalue weighted by Crippen LogP contribution is -2.33. The first-order valence-electron chi connectivity index (χ1n) is 8.15. The molecule has 1 saturated heterocycles. The molecule has 2 aliphatic rings. The summed E-state index contributed by atoms with van der Waals surface area (Å²) in [5, 5.41) is 2.87. The third kappa shape index (κ3) is 3.61. The van der Waals surface area contributed by atoms with Crippen molar-refractivity contribution in [3.05, 3.63) is 23.4 Å². The van der Waals surface area contributed by atoms with Crippen molar-refractivity contribution in [2.45, 2.75) is 12.8 Å². The molecule has 25 heavy (non-hydrogen) atoms. The van der Waals surface area contributed by atoms with E-state index in [1.54, 1.807) is 39.5 Å². The number of methoxy groups -OCH3 is 3. The van der Waals surface area contributed by atoms with Gasteiger partial charge < -0.3 is 24.3 Å². The zero-order valence-electron chi connectivity index (χ0n) is 14.6. The number of aliphatic imine (C=N–C) groups is 1. The Morgan fingerprint density at radius 1 is 1.12 bits per heavy atom. The summed E-state index contributed by atoms with van der Waals surface area (Å²) in [7, 11) is 4.66. The van der Waals surface area contributed by atoms with Crippen LogP contribution in [0.2, 0.25) is 0 Å². The molecule has 0 saturated carbocycles. The molecule has 2 heterocycles. The highest BCUT2D eigenvalue weighted by Crippen LogP contribution is 2.38. The van der Waals surface area contributed by atoms with Gasteiger partial charge in [0.2, 0.25) is 5.75 Å². The second-order valence-electron chi connectivity index (χ2n) is 5.83. The quantitative estimate of drug-likeness (QED) is 0.825. The fourth-order valence-corrected chi connectivity index (χ4v) is 2.99. The van der Waals surface area contributed by atoms with E-state index in [1.165, 1.54) is 0 Å². The number of amidine groups is 1. The van der Waals surface area contributed by atoms with Crippen LogP contribution in [0.25, 0.3) is 6.08 Å². The fraction of sp³-hybridized carbons (Fsp3) is 0.444. The third-order valence-electron chi connectivity index (χ3n) is 4.31. The molecule has 0 spiro atoms. The van der Waals surface area contributed by atoms with E-state index >= 15 is 0 Å². The van der Waals surface area contributed by atoms with Crippen LogP contribution >= 0.6 is 0 Å². The Morgan fingerprint density at radius 2 is 1.76 bits per heavy atom. The molecule has 1 N–H and O–H groups in total. The maximum atomic E-state index is 12.3. The average Bonchev–Trinajstić information content (AvgIpc) is 3.02. The number of rotatable bonds is 5. The molecule has 0 bridgehead atoms. The molecule has 1 amide bonds. The van der Waals surface area contributed by atoms with Gasteiger partial charge in [0.25, 0.3) is 5.91 Å². The van der Waals surface area contributed by atoms with Crippen LogP contribution in [-0.4, -0.2) is 46.3 Å². The lowest BCUT2D eigenvalue weighted by molar-refractivity contribution is -0.115. The smallest absolute Gasteiger partial charge is 0.275 e. The summed E-state index contributed by atoms with van der Waals surface area (Å²) in [4.78, 5) is 16.7. The van der Waals surface area contributed by atoms with E-state index in [2.05, 4.69) is 10.3 Å². The van der Waals surface area contributed by atoms with Crippen LogP contribution in [0.5, 0.6) is 17.2 Å². The van der Waals surface area contributed by atoms with Gasteiger partial charge in [-0.25, -0.2) is 4.99 Å². The Hall–Kier alpha value is -2.54. The molecule has 1 fully saturated rings. The van der Waals surface area contributed by atoms with Crippen molar-refractivity contribution in [3.8, 4) is 17.2 Å². The Kier molecular flexibility index (Phi) is 5.23. The Balaban J connectivity index is 1.91. The SMILES string of the molecule is COc1cc(/C=C2/N=C(C3CCOCC3)NC2=O)cc(OC)c1OC. The number of nitrogens with one attached hydrogen (secondary N) is 1. The maximum Gasteiger partial charge on any atom is 0.275 e. The van der Waals surface area contributed by atoms with Gasteiger partial charge in [0.15, 0.2) is 11.5 Å². The summed E-state index contributed by atoms with van der Waals surface area (Å²) in [6.45, 7) is 1.40. The van der Waals surface area contributed by atoms with E-state index in [0.717, 1.165) is 24.2 Å². The van der Waals surface area contributed by atoms with Gasteiger partial charge in [-0.15, -0.1) is 0 Å². The molecule has 0 aromatic heterocycles. The normalized spacial score (nSPS) is 19.6. The third-order valence-corrected chi connectivity index (χ3v) is 4.31. The van der Waals surface area contributed by atoms with E-state index in [-0.39, 0.29) is 11.8 Å². The summed E-state index contributed by atoms with van der Waals surface area (Å²) in [5.74, 6) is 2.33. The Labute approximate surface area is 146 Å². The zero-order valence-corrected chi connectivity index (χ0v) is 14.6. The lowest BCUT2D eigenvalue weighted by atomic mass is 9.99. The molecule has 3 rings (SSSR count). The van der Waals surface area contributed by atoms with E-state index < -0.39 is 0 Å². The van der Waals surface area contributed by atoms with Crippen molar-refractivity contribution in [2.24, 2.45) is 10.9 Å². The number of hydrogen-bond donors (Lipinski definition) is 1. The van der Waals surface area contributed by atoms with Crippen molar-refractivity contribution in [1.29, 1.82) is 0 Å². The molecule has 7 nitrogen and oxygen atoms in total. The fourth-order valence-electron chi connectivity index (χ4n) is 2.99. The highest BCUT2D eigenvalue weighted by atomic mass is 16.5. The van der Waals surface area contributed by atoms with E-state index in [4.69, 9.17) is 18.9 Å². The number of carbonyl (C=O) groups excluding carboxylic acids is 1. The number of nitrogens with zero attached hydrogens (tertiary/aromatic N) is 1. The average molecular weight is 346 g/mol. The van der Waals surface area contributed by atoms with Crippen molar-refractivity contribution in [2.75, 3.05) is 34.5 Å². The van der Waals surface area contributed by atoms with Crippen molar-refractivity contribution >= 4 is 17.8 Å². The zero-order chi connectivity index (χ0) is 17.8. The maximum absolute atomic E-state index is 12.3. The molecule has 0 aliphatic carbocycles. The van der Waals surface area contributed by atoms with Gasteiger partial charge in [-0.05, 0) is 36.6 Å². The van der Waals surface area contributed by atoms with Crippen LogP contribution in [0.1, 0.15) is 18.4 Å². The van der Waals surface area contributed by atoms with Gasteiger partial charge in [0.1, 0.15) is 11.5 Å². The van der Waals surface area contributed by atoms with Crippen LogP contribution in [0.4, 0.5) is 0 Å². The molecule has 1 aromatic rings. The minimum absolute atomic E-state index is 0.199. The van der Waals surface area contributed by atoms with Crippen LogP contribution in [0.3, 0.4) is 0 Å².